The normalized spacial score (nSPS) is 56.0. The molecule has 6 unspecified atom stereocenters. The van der Waals surface area contributed by atoms with Gasteiger partial charge in [-0.1, -0.05) is 34.1 Å². The summed E-state index contributed by atoms with van der Waals surface area (Å²) in [6, 6.07) is 0. The third-order valence-electron chi connectivity index (χ3n) is 10.6. The zero-order chi connectivity index (χ0) is 23.6. The number of carboxylic acid groups (broad SMARTS) is 1. The third-order valence-corrected chi connectivity index (χ3v) is 10.6. The lowest BCUT2D eigenvalue weighted by atomic mass is 9.41. The summed E-state index contributed by atoms with van der Waals surface area (Å²) in [5.41, 5.74) is -0.0210. The zero-order valence-electron chi connectivity index (χ0n) is 21.3. The maximum atomic E-state index is 11.9. The highest BCUT2D eigenvalue weighted by molar-refractivity contribution is 5.66. The van der Waals surface area contributed by atoms with Crippen molar-refractivity contribution >= 4 is 5.97 Å². The Balaban J connectivity index is 1.69. The predicted molar refractivity (Wildman–Crippen MR) is 118 cm³/mol. The van der Waals surface area contributed by atoms with Crippen molar-refractivity contribution in [2.24, 2.45) is 52.3 Å². The Bertz CT molecular complexity index is 727. The molecule has 0 amide bonds. The largest absolute Gasteiger partial charge is 0.481 e. The van der Waals surface area contributed by atoms with E-state index >= 15 is 0 Å². The van der Waals surface area contributed by atoms with Crippen molar-refractivity contribution in [1.29, 1.82) is 0 Å². The van der Waals surface area contributed by atoms with Crippen molar-refractivity contribution in [3.05, 3.63) is 0 Å². The molecular weight excluding hydrogens is 376 g/mol. The molecule has 0 saturated heterocycles. The lowest BCUT2D eigenvalue weighted by molar-refractivity contribution is -0.203. The number of carboxylic acids is 1. The molecule has 4 nitrogen and oxygen atoms in total. The van der Waals surface area contributed by atoms with Crippen LogP contribution in [0.1, 0.15) is 94.6 Å². The molecule has 4 saturated carbocycles. The van der Waals surface area contributed by atoms with E-state index in [4.69, 9.17) is 6.48 Å². The van der Waals surface area contributed by atoms with E-state index in [9.17, 15) is 16.4 Å². The highest BCUT2D eigenvalue weighted by atomic mass is 16.4. The van der Waals surface area contributed by atoms with Gasteiger partial charge in [-0.25, -0.2) is 0 Å². The van der Waals surface area contributed by atoms with Crippen LogP contribution in [0.4, 0.5) is 0 Å². The van der Waals surface area contributed by atoms with Gasteiger partial charge in [0, 0.05) is 7.79 Å². The number of fused-ring (bicyclic) bond motifs is 5. The minimum Gasteiger partial charge on any atom is -0.481 e. The van der Waals surface area contributed by atoms with Gasteiger partial charge >= 0.3 is 5.97 Å². The van der Waals surface area contributed by atoms with Gasteiger partial charge in [0.1, 0.15) is 0 Å². The maximum absolute atomic E-state index is 11.9. The summed E-state index contributed by atoms with van der Waals surface area (Å²) in [7, 11) is 0. The molecule has 4 heteroatoms. The van der Waals surface area contributed by atoms with Gasteiger partial charge in [-0.3, -0.25) is 4.79 Å². The van der Waals surface area contributed by atoms with E-state index in [-0.39, 0.29) is 47.0 Å². The second kappa shape index (κ2) is 8.06. The van der Waals surface area contributed by atoms with Crippen molar-refractivity contribution in [3.63, 3.8) is 0 Å². The van der Waals surface area contributed by atoms with Gasteiger partial charge in [0.2, 0.25) is 0 Å². The number of carbonyl (C=O) groups is 1. The third kappa shape index (κ3) is 3.36. The quantitative estimate of drug-likeness (QED) is 0.575. The summed E-state index contributed by atoms with van der Waals surface area (Å²) in [5, 5.41) is 31.5. The summed E-state index contributed by atoms with van der Waals surface area (Å²) >= 11 is 0. The molecular formula is C26H44O4. The van der Waals surface area contributed by atoms with Crippen LogP contribution in [0.3, 0.4) is 0 Å². The van der Waals surface area contributed by atoms with Crippen LogP contribution in [-0.4, -0.2) is 33.5 Å². The van der Waals surface area contributed by atoms with E-state index in [0.29, 0.717) is 24.7 Å². The first-order valence-corrected chi connectivity index (χ1v) is 12.4. The van der Waals surface area contributed by atoms with E-state index in [1.54, 1.807) is 0 Å². The molecule has 0 aliphatic heterocycles. The second-order valence-electron chi connectivity index (χ2n) is 11.7. The summed E-state index contributed by atoms with van der Waals surface area (Å²) in [6.07, 6.45) is 4.69. The van der Waals surface area contributed by atoms with Crippen LogP contribution in [0.5, 0.6) is 0 Å². The Morgan fingerprint density at radius 2 is 1.77 bits per heavy atom. The standard InChI is InChI=1S/C26H44O4/c1-5-17-21-14-16(27)10-12-26(21,4)20-11-13-25(3)18(15(2)6-9-22(28)29)7-8-19(25)23(20)24(17)30/h15-21,23-24,27,30H,5-14H2,1-4H3,(H,28,29)/t15-,16-,17?,18-,19?,20?,21+,23?,24?,25-,26-/m1/s1/i5D,24D/t5?,15-,16-,17?,18-,19?,20?,21+,23?,24?,25-,26-. The summed E-state index contributed by atoms with van der Waals surface area (Å²) in [4.78, 5) is 11.2. The average Bonchev–Trinajstić information content (AvgIpc) is 3.04. The van der Waals surface area contributed by atoms with Gasteiger partial charge in [0.15, 0.2) is 0 Å². The van der Waals surface area contributed by atoms with Gasteiger partial charge in [-0.15, -0.1) is 0 Å². The first-order chi connectivity index (χ1) is 14.8. The summed E-state index contributed by atoms with van der Waals surface area (Å²) in [5.74, 6) is -0.0806. The molecule has 30 heavy (non-hydrogen) atoms. The van der Waals surface area contributed by atoms with Gasteiger partial charge in [-0.05, 0) is 104 Å². The fourth-order valence-corrected chi connectivity index (χ4v) is 9.01. The van der Waals surface area contributed by atoms with E-state index in [1.165, 1.54) is 0 Å². The average molecular weight is 423 g/mol. The Morgan fingerprint density at radius 1 is 1.10 bits per heavy atom. The molecule has 4 aliphatic rings. The van der Waals surface area contributed by atoms with Crippen LogP contribution < -0.4 is 0 Å². The molecule has 0 radical (unpaired) electrons. The number of aliphatic hydroxyl groups is 2. The number of hydrogen-bond acceptors (Lipinski definition) is 3. The number of aliphatic carboxylic acids is 1. The minimum atomic E-state index is -1.65. The lowest BCUT2D eigenvalue weighted by Gasteiger charge is -2.64. The molecule has 172 valence electrons. The van der Waals surface area contributed by atoms with E-state index in [2.05, 4.69) is 20.8 Å². The second-order valence-corrected chi connectivity index (χ2v) is 11.7. The van der Waals surface area contributed by atoms with Crippen LogP contribution in [0.25, 0.3) is 0 Å². The Hall–Kier alpha value is -0.610. The Kier molecular flexibility index (Phi) is 5.38. The number of hydrogen-bond donors (Lipinski definition) is 3. The summed E-state index contributed by atoms with van der Waals surface area (Å²) < 4.78 is 18.0. The van der Waals surface area contributed by atoms with Crippen molar-refractivity contribution in [1.82, 2.24) is 0 Å². The molecule has 0 spiro atoms. The smallest absolute Gasteiger partial charge is 0.303 e. The van der Waals surface area contributed by atoms with Crippen LogP contribution in [0.2, 0.25) is 0 Å². The van der Waals surface area contributed by atoms with Gasteiger partial charge in [0.25, 0.3) is 0 Å². The zero-order valence-corrected chi connectivity index (χ0v) is 19.3. The molecule has 0 bridgehead atoms. The van der Waals surface area contributed by atoms with E-state index < -0.39 is 24.4 Å². The molecule has 3 N–H and O–H groups in total. The van der Waals surface area contributed by atoms with Gasteiger partial charge in [0.05, 0.1) is 13.6 Å². The summed E-state index contributed by atoms with van der Waals surface area (Å²) in [6.45, 7) is 8.68. The first-order valence-electron chi connectivity index (χ1n) is 13.5. The van der Waals surface area contributed by atoms with Crippen LogP contribution in [-0.2, 0) is 4.79 Å². The topological polar surface area (TPSA) is 77.8 Å². The SMILES string of the molecule is [2H]C(C)C1[C@@H]2C[C@H](O)CC[C@]2(C)C2CC[C@@]3(C)C(CC[C@@H]3[C@H](C)CCC(=O)O)C2C1([2H])O. The van der Waals surface area contributed by atoms with Crippen LogP contribution in [0.15, 0.2) is 0 Å². The molecule has 4 aliphatic carbocycles. The highest BCUT2D eigenvalue weighted by Gasteiger charge is 2.64. The van der Waals surface area contributed by atoms with Crippen molar-refractivity contribution in [2.75, 3.05) is 0 Å². The van der Waals surface area contributed by atoms with E-state index in [1.807, 2.05) is 6.92 Å². The molecule has 4 rings (SSSR count). The van der Waals surface area contributed by atoms with Gasteiger partial charge < -0.3 is 15.3 Å². The monoisotopic (exact) mass is 422 g/mol. The molecule has 0 aromatic carbocycles. The molecule has 0 aromatic heterocycles. The van der Waals surface area contributed by atoms with Crippen LogP contribution >= 0.6 is 0 Å². The molecule has 0 heterocycles. The van der Waals surface area contributed by atoms with Crippen molar-refractivity contribution in [2.45, 2.75) is 104 Å². The number of aliphatic hydroxyl groups excluding tert-OH is 1. The lowest BCUT2D eigenvalue weighted by Crippen LogP contribution is -2.62. The molecule has 0 aromatic rings. The Morgan fingerprint density at radius 3 is 2.43 bits per heavy atom. The van der Waals surface area contributed by atoms with Crippen molar-refractivity contribution in [3.8, 4) is 0 Å². The fraction of sp³-hybridized carbons (Fsp3) is 0.962. The maximum Gasteiger partial charge on any atom is 0.303 e. The number of rotatable bonds is 5. The highest BCUT2D eigenvalue weighted by Crippen LogP contribution is 2.69. The predicted octanol–water partition coefficient (Wildman–Crippen LogP) is 5.11. The Labute approximate surface area is 185 Å². The first kappa shape index (κ1) is 20.0. The van der Waals surface area contributed by atoms with Crippen LogP contribution in [0, 0.1) is 52.3 Å². The fourth-order valence-electron chi connectivity index (χ4n) is 9.01. The molecule has 4 fully saturated rings. The van der Waals surface area contributed by atoms with Gasteiger partial charge in [-0.2, -0.15) is 0 Å². The minimum absolute atomic E-state index is 0.0125. The molecule has 12 atom stereocenters. The van der Waals surface area contributed by atoms with E-state index in [0.717, 1.165) is 38.5 Å². The van der Waals surface area contributed by atoms with Crippen molar-refractivity contribution < 1.29 is 22.9 Å².